The first-order chi connectivity index (χ1) is 8.02. The fraction of sp³-hybridized carbons (Fsp3) is 0.333. The Hall–Kier alpha value is -2.04. The van der Waals surface area contributed by atoms with E-state index in [2.05, 4.69) is 5.32 Å². The Morgan fingerprint density at radius 3 is 2.41 bits per heavy atom. The number of carbonyl (C=O) groups is 2. The van der Waals surface area contributed by atoms with E-state index in [1.54, 1.807) is 6.92 Å². The van der Waals surface area contributed by atoms with Crippen LogP contribution in [0.2, 0.25) is 0 Å². The van der Waals surface area contributed by atoms with Crippen LogP contribution < -0.4 is 5.32 Å². The van der Waals surface area contributed by atoms with Crippen molar-refractivity contribution in [1.82, 2.24) is 0 Å². The standard InChI is InChI=1S/C12H15NO4/c1-3-8(2)17-12(16)13-10-6-4-9(5-7-10)11(14)15/h4-8H,3H2,1-2H3,(H,13,16)(H,14,15). The minimum atomic E-state index is -1.00. The van der Waals surface area contributed by atoms with Crippen LogP contribution in [-0.4, -0.2) is 23.3 Å². The summed E-state index contributed by atoms with van der Waals surface area (Å²) in [5.41, 5.74) is 0.675. The van der Waals surface area contributed by atoms with Crippen molar-refractivity contribution in [2.75, 3.05) is 5.32 Å². The second-order valence-corrected chi connectivity index (χ2v) is 3.63. The van der Waals surface area contributed by atoms with Gasteiger partial charge in [-0.1, -0.05) is 6.92 Å². The van der Waals surface area contributed by atoms with E-state index in [1.165, 1.54) is 24.3 Å². The van der Waals surface area contributed by atoms with Gasteiger partial charge in [-0.2, -0.15) is 0 Å². The van der Waals surface area contributed by atoms with E-state index in [1.807, 2.05) is 6.92 Å². The molecule has 0 fully saturated rings. The molecule has 1 rings (SSSR count). The number of hydrogen-bond acceptors (Lipinski definition) is 3. The predicted octanol–water partition coefficient (Wildman–Crippen LogP) is 2.73. The van der Waals surface area contributed by atoms with Crippen molar-refractivity contribution in [3.8, 4) is 0 Å². The van der Waals surface area contributed by atoms with Gasteiger partial charge in [-0.3, -0.25) is 5.32 Å². The Morgan fingerprint density at radius 2 is 1.94 bits per heavy atom. The van der Waals surface area contributed by atoms with Crippen molar-refractivity contribution >= 4 is 17.7 Å². The Labute approximate surface area is 99.4 Å². The number of hydrogen-bond donors (Lipinski definition) is 2. The van der Waals surface area contributed by atoms with Crippen LogP contribution in [0.3, 0.4) is 0 Å². The number of anilines is 1. The summed E-state index contributed by atoms with van der Waals surface area (Å²) in [5, 5.41) is 11.2. The minimum absolute atomic E-state index is 0.145. The lowest BCUT2D eigenvalue weighted by Crippen LogP contribution is -2.19. The summed E-state index contributed by atoms with van der Waals surface area (Å²) in [5.74, 6) is -1.00. The van der Waals surface area contributed by atoms with Gasteiger partial charge < -0.3 is 9.84 Å². The van der Waals surface area contributed by atoms with Gasteiger partial charge in [0.05, 0.1) is 5.56 Å². The van der Waals surface area contributed by atoms with Crippen LogP contribution in [-0.2, 0) is 4.74 Å². The van der Waals surface area contributed by atoms with E-state index in [9.17, 15) is 9.59 Å². The lowest BCUT2D eigenvalue weighted by atomic mass is 10.2. The zero-order valence-corrected chi connectivity index (χ0v) is 9.77. The lowest BCUT2D eigenvalue weighted by Gasteiger charge is -2.11. The van der Waals surface area contributed by atoms with E-state index < -0.39 is 12.1 Å². The molecule has 1 unspecified atom stereocenters. The first-order valence-corrected chi connectivity index (χ1v) is 5.34. The second-order valence-electron chi connectivity index (χ2n) is 3.63. The van der Waals surface area contributed by atoms with Crippen LogP contribution in [0.1, 0.15) is 30.6 Å². The average Bonchev–Trinajstić information content (AvgIpc) is 2.29. The highest BCUT2D eigenvalue weighted by molar-refractivity contribution is 5.89. The molecule has 0 aliphatic carbocycles. The molecule has 0 bridgehead atoms. The van der Waals surface area contributed by atoms with Crippen molar-refractivity contribution in [2.24, 2.45) is 0 Å². The van der Waals surface area contributed by atoms with Crippen molar-refractivity contribution in [3.63, 3.8) is 0 Å². The molecule has 0 aliphatic rings. The molecule has 0 spiro atoms. The number of carbonyl (C=O) groups excluding carboxylic acids is 1. The quantitative estimate of drug-likeness (QED) is 0.844. The zero-order chi connectivity index (χ0) is 12.8. The maximum atomic E-state index is 11.4. The van der Waals surface area contributed by atoms with Crippen molar-refractivity contribution in [2.45, 2.75) is 26.4 Å². The monoisotopic (exact) mass is 237 g/mol. The number of benzene rings is 1. The Morgan fingerprint density at radius 1 is 1.35 bits per heavy atom. The first kappa shape index (κ1) is 13.0. The SMILES string of the molecule is CCC(C)OC(=O)Nc1ccc(C(=O)O)cc1. The summed E-state index contributed by atoms with van der Waals surface area (Å²) < 4.78 is 5.01. The third-order valence-corrected chi connectivity index (χ3v) is 2.26. The molecule has 0 saturated carbocycles. The highest BCUT2D eigenvalue weighted by Crippen LogP contribution is 2.10. The van der Waals surface area contributed by atoms with E-state index in [4.69, 9.17) is 9.84 Å². The smallest absolute Gasteiger partial charge is 0.411 e. The summed E-state index contributed by atoms with van der Waals surface area (Å²) in [4.78, 5) is 22.0. The van der Waals surface area contributed by atoms with Crippen molar-refractivity contribution < 1.29 is 19.4 Å². The van der Waals surface area contributed by atoms with Crippen LogP contribution in [0.5, 0.6) is 0 Å². The lowest BCUT2D eigenvalue weighted by molar-refractivity contribution is 0.0697. The Kier molecular flexibility index (Phi) is 4.51. The Balaban J connectivity index is 2.57. The summed E-state index contributed by atoms with van der Waals surface area (Å²) in [7, 11) is 0. The fourth-order valence-electron chi connectivity index (χ4n) is 1.11. The van der Waals surface area contributed by atoms with Crippen LogP contribution in [0.15, 0.2) is 24.3 Å². The van der Waals surface area contributed by atoms with E-state index in [0.717, 1.165) is 6.42 Å². The molecule has 0 heterocycles. The van der Waals surface area contributed by atoms with Gasteiger partial charge >= 0.3 is 12.1 Å². The van der Waals surface area contributed by atoms with Gasteiger partial charge in [-0.25, -0.2) is 9.59 Å². The summed E-state index contributed by atoms with van der Waals surface area (Å²) >= 11 is 0. The molecule has 1 aromatic carbocycles. The molecule has 1 amide bonds. The number of amides is 1. The molecule has 92 valence electrons. The predicted molar refractivity (Wildman–Crippen MR) is 63.3 cm³/mol. The molecule has 0 aliphatic heterocycles. The van der Waals surface area contributed by atoms with Crippen LogP contribution in [0.25, 0.3) is 0 Å². The molecule has 0 aromatic heterocycles. The average molecular weight is 237 g/mol. The molecule has 17 heavy (non-hydrogen) atoms. The highest BCUT2D eigenvalue weighted by atomic mass is 16.6. The number of nitrogens with one attached hydrogen (secondary N) is 1. The molecule has 0 saturated heterocycles. The van der Waals surface area contributed by atoms with Gasteiger partial charge in [-0.15, -0.1) is 0 Å². The summed E-state index contributed by atoms with van der Waals surface area (Å²) in [6, 6.07) is 5.87. The van der Waals surface area contributed by atoms with Gasteiger partial charge in [0.25, 0.3) is 0 Å². The van der Waals surface area contributed by atoms with Crippen LogP contribution >= 0.6 is 0 Å². The normalized spacial score (nSPS) is 11.6. The number of ether oxygens (including phenoxy) is 1. The summed E-state index contributed by atoms with van der Waals surface area (Å²) in [6.07, 6.45) is 0.0569. The van der Waals surface area contributed by atoms with Crippen molar-refractivity contribution in [1.29, 1.82) is 0 Å². The molecular formula is C12H15NO4. The van der Waals surface area contributed by atoms with Gasteiger partial charge in [0.2, 0.25) is 0 Å². The number of aromatic carboxylic acids is 1. The molecule has 0 radical (unpaired) electrons. The van der Waals surface area contributed by atoms with Gasteiger partial charge in [0.15, 0.2) is 0 Å². The maximum Gasteiger partial charge on any atom is 0.411 e. The fourth-order valence-corrected chi connectivity index (χ4v) is 1.11. The molecular weight excluding hydrogens is 222 g/mol. The molecule has 5 nitrogen and oxygen atoms in total. The third kappa shape index (κ3) is 4.14. The number of carboxylic acid groups (broad SMARTS) is 1. The molecule has 5 heteroatoms. The van der Waals surface area contributed by atoms with Gasteiger partial charge in [0.1, 0.15) is 6.10 Å². The van der Waals surface area contributed by atoms with Gasteiger partial charge in [-0.05, 0) is 37.6 Å². The molecule has 2 N–H and O–H groups in total. The molecule has 1 aromatic rings. The number of rotatable bonds is 4. The zero-order valence-electron chi connectivity index (χ0n) is 9.77. The second kappa shape index (κ2) is 5.89. The highest BCUT2D eigenvalue weighted by Gasteiger charge is 2.08. The van der Waals surface area contributed by atoms with E-state index >= 15 is 0 Å². The topological polar surface area (TPSA) is 75.6 Å². The first-order valence-electron chi connectivity index (χ1n) is 5.34. The summed E-state index contributed by atoms with van der Waals surface area (Å²) in [6.45, 7) is 3.71. The van der Waals surface area contributed by atoms with E-state index in [0.29, 0.717) is 5.69 Å². The minimum Gasteiger partial charge on any atom is -0.478 e. The van der Waals surface area contributed by atoms with Crippen LogP contribution in [0.4, 0.5) is 10.5 Å². The third-order valence-electron chi connectivity index (χ3n) is 2.26. The van der Waals surface area contributed by atoms with E-state index in [-0.39, 0.29) is 11.7 Å². The molecule has 1 atom stereocenters. The number of carboxylic acids is 1. The van der Waals surface area contributed by atoms with Crippen LogP contribution in [0, 0.1) is 0 Å². The maximum absolute atomic E-state index is 11.4. The Bertz CT molecular complexity index is 399. The van der Waals surface area contributed by atoms with Gasteiger partial charge in [0, 0.05) is 5.69 Å². The largest absolute Gasteiger partial charge is 0.478 e. The van der Waals surface area contributed by atoms with Crippen molar-refractivity contribution in [3.05, 3.63) is 29.8 Å².